The molecule has 1 atom stereocenters. The zero-order valence-electron chi connectivity index (χ0n) is 17.1. The lowest BCUT2D eigenvalue weighted by atomic mass is 9.98. The highest BCUT2D eigenvalue weighted by Crippen LogP contribution is 2.39. The fourth-order valence-corrected chi connectivity index (χ4v) is 4.24. The van der Waals surface area contributed by atoms with Crippen molar-refractivity contribution in [1.82, 2.24) is 5.01 Å². The highest BCUT2D eigenvalue weighted by Gasteiger charge is 2.36. The van der Waals surface area contributed by atoms with Gasteiger partial charge in [-0.05, 0) is 41.9 Å². The third-order valence-corrected chi connectivity index (χ3v) is 5.83. The topological polar surface area (TPSA) is 80.6 Å². The summed E-state index contributed by atoms with van der Waals surface area (Å²) < 4.78 is 10.2. The first-order chi connectivity index (χ1) is 15.1. The van der Waals surface area contributed by atoms with E-state index in [4.69, 9.17) is 14.6 Å². The molecule has 0 aliphatic carbocycles. The number of carbonyl (C=O) groups is 2. The lowest BCUT2D eigenvalue weighted by Crippen LogP contribution is -2.23. The van der Waals surface area contributed by atoms with Gasteiger partial charge in [-0.15, -0.1) is 0 Å². The van der Waals surface area contributed by atoms with Crippen LogP contribution in [0.3, 0.4) is 0 Å². The van der Waals surface area contributed by atoms with Crippen molar-refractivity contribution in [1.29, 1.82) is 0 Å². The molecule has 2 aliphatic rings. The van der Waals surface area contributed by atoms with Crippen molar-refractivity contribution in [2.24, 2.45) is 10.1 Å². The summed E-state index contributed by atoms with van der Waals surface area (Å²) in [4.78, 5) is 28.6. The van der Waals surface area contributed by atoms with E-state index in [1.165, 1.54) is 6.08 Å². The first kappa shape index (κ1) is 20.9. The highest BCUT2D eigenvalue weighted by atomic mass is 32.2. The molecule has 0 saturated heterocycles. The molecule has 31 heavy (non-hydrogen) atoms. The van der Waals surface area contributed by atoms with E-state index in [1.54, 1.807) is 19.0 Å². The molecule has 0 aromatic heterocycles. The highest BCUT2D eigenvalue weighted by molar-refractivity contribution is 8.18. The number of benzene rings is 2. The molecule has 0 fully saturated rings. The number of hydrogen-bond donors (Lipinski definition) is 0. The number of esters is 1. The van der Waals surface area contributed by atoms with Crippen molar-refractivity contribution in [3.05, 3.63) is 76.7 Å². The lowest BCUT2D eigenvalue weighted by Gasteiger charge is -2.22. The lowest BCUT2D eigenvalue weighted by molar-refractivity contribution is -0.137. The van der Waals surface area contributed by atoms with Crippen molar-refractivity contribution < 1.29 is 19.1 Å². The first-order valence-corrected chi connectivity index (χ1v) is 10.7. The maximum atomic E-state index is 12.4. The van der Waals surface area contributed by atoms with Gasteiger partial charge in [0.2, 0.25) is 0 Å². The van der Waals surface area contributed by atoms with Gasteiger partial charge < -0.3 is 9.47 Å². The molecule has 4 rings (SSSR count). The van der Waals surface area contributed by atoms with Crippen molar-refractivity contribution in [3.63, 3.8) is 0 Å². The first-order valence-electron chi connectivity index (χ1n) is 9.84. The molecule has 7 nitrogen and oxygen atoms in total. The molecular formula is C23H21N3O4S. The summed E-state index contributed by atoms with van der Waals surface area (Å²) in [6.45, 7) is 1.96. The summed E-state index contributed by atoms with van der Waals surface area (Å²) in [5.41, 5.74) is 2.94. The number of amides is 1. The van der Waals surface area contributed by atoms with Crippen LogP contribution in [0.2, 0.25) is 0 Å². The predicted molar refractivity (Wildman–Crippen MR) is 120 cm³/mol. The number of nitrogens with zero attached hydrogens (tertiary/aromatic N) is 3. The van der Waals surface area contributed by atoms with Crippen LogP contribution in [0.25, 0.3) is 0 Å². The van der Waals surface area contributed by atoms with Crippen LogP contribution in [0.15, 0.2) is 75.7 Å². The van der Waals surface area contributed by atoms with E-state index in [9.17, 15) is 9.59 Å². The van der Waals surface area contributed by atoms with Crippen molar-refractivity contribution in [2.75, 3.05) is 13.7 Å². The number of carbonyl (C=O) groups excluding carboxylic acids is 2. The molecule has 2 heterocycles. The van der Waals surface area contributed by atoms with E-state index in [0.29, 0.717) is 11.6 Å². The third-order valence-electron chi connectivity index (χ3n) is 4.86. The Balaban J connectivity index is 1.65. The smallest absolute Gasteiger partial charge is 0.332 e. The van der Waals surface area contributed by atoms with Gasteiger partial charge in [-0.2, -0.15) is 10.1 Å². The van der Waals surface area contributed by atoms with Crippen LogP contribution in [0, 0.1) is 0 Å². The summed E-state index contributed by atoms with van der Waals surface area (Å²) in [5, 5.41) is 7.00. The van der Waals surface area contributed by atoms with Crippen LogP contribution in [-0.2, 0) is 14.3 Å². The Morgan fingerprint density at radius 1 is 1.19 bits per heavy atom. The van der Waals surface area contributed by atoms with E-state index in [0.717, 1.165) is 34.3 Å². The van der Waals surface area contributed by atoms with Crippen molar-refractivity contribution in [2.45, 2.75) is 19.4 Å². The van der Waals surface area contributed by atoms with Gasteiger partial charge in [-0.3, -0.25) is 4.79 Å². The fourth-order valence-electron chi connectivity index (χ4n) is 3.36. The summed E-state index contributed by atoms with van der Waals surface area (Å²) in [7, 11) is 1.63. The predicted octanol–water partition coefficient (Wildman–Crippen LogP) is 3.92. The average Bonchev–Trinajstić information content (AvgIpc) is 3.39. The second-order valence-corrected chi connectivity index (χ2v) is 7.82. The molecule has 1 amide bonds. The zero-order chi connectivity index (χ0) is 21.8. The van der Waals surface area contributed by atoms with Crippen LogP contribution in [0.4, 0.5) is 0 Å². The van der Waals surface area contributed by atoms with Gasteiger partial charge in [0.15, 0.2) is 5.17 Å². The minimum atomic E-state index is -0.559. The molecule has 2 aliphatic heterocycles. The molecule has 0 N–H and O–H groups in total. The zero-order valence-corrected chi connectivity index (χ0v) is 18.0. The van der Waals surface area contributed by atoms with Crippen molar-refractivity contribution >= 4 is 34.5 Å². The number of thioether (sulfide) groups is 1. The van der Waals surface area contributed by atoms with Gasteiger partial charge in [-0.25, -0.2) is 9.80 Å². The minimum Gasteiger partial charge on any atom is -0.497 e. The quantitative estimate of drug-likeness (QED) is 0.523. The Bertz CT molecular complexity index is 1080. The van der Waals surface area contributed by atoms with Crippen LogP contribution in [0.5, 0.6) is 5.75 Å². The molecule has 0 bridgehead atoms. The summed E-state index contributed by atoms with van der Waals surface area (Å²) in [6.07, 6.45) is 1.84. The molecule has 0 radical (unpaired) electrons. The van der Waals surface area contributed by atoms with E-state index in [1.807, 2.05) is 54.6 Å². The maximum absolute atomic E-state index is 12.4. The summed E-state index contributed by atoms with van der Waals surface area (Å²) in [6, 6.07) is 17.5. The Morgan fingerprint density at radius 3 is 2.61 bits per heavy atom. The number of rotatable bonds is 5. The van der Waals surface area contributed by atoms with Crippen LogP contribution < -0.4 is 4.74 Å². The van der Waals surface area contributed by atoms with Gasteiger partial charge in [0, 0.05) is 12.5 Å². The van der Waals surface area contributed by atoms with Crippen LogP contribution in [0.1, 0.15) is 30.5 Å². The van der Waals surface area contributed by atoms with Crippen LogP contribution in [-0.4, -0.2) is 41.5 Å². The molecule has 158 valence electrons. The third kappa shape index (κ3) is 4.54. The second-order valence-electron chi connectivity index (χ2n) is 6.81. The number of hydrazone groups is 1. The van der Waals surface area contributed by atoms with E-state index >= 15 is 0 Å². The standard InChI is InChI=1S/C23H21N3O4S/c1-3-30-21(27)14-20-22(28)24-23(31-20)26-19(16-9-11-17(29-2)12-10-16)13-18(25-26)15-7-5-4-6-8-15/h4-12,14,19H,3,13H2,1-2H3. The molecule has 0 spiro atoms. The molecule has 0 saturated carbocycles. The molecule has 2 aromatic carbocycles. The van der Waals surface area contributed by atoms with Gasteiger partial charge in [0.05, 0.1) is 30.4 Å². The molecular weight excluding hydrogens is 414 g/mol. The monoisotopic (exact) mass is 435 g/mol. The number of ether oxygens (including phenoxy) is 2. The summed E-state index contributed by atoms with van der Waals surface area (Å²) >= 11 is 1.13. The fraction of sp³-hybridized carbons (Fsp3) is 0.217. The van der Waals surface area contributed by atoms with E-state index in [2.05, 4.69) is 4.99 Å². The Labute approximate surface area is 184 Å². The van der Waals surface area contributed by atoms with Gasteiger partial charge in [-0.1, -0.05) is 42.5 Å². The number of aliphatic imine (C=N–C) groups is 1. The Hall–Kier alpha value is -3.39. The van der Waals surface area contributed by atoms with Crippen LogP contribution >= 0.6 is 11.8 Å². The van der Waals surface area contributed by atoms with Gasteiger partial charge in [0.1, 0.15) is 5.75 Å². The SMILES string of the molecule is CCOC(=O)C=C1SC(N2N=C(c3ccccc3)CC2c2ccc(OC)cc2)=NC1=O. The second kappa shape index (κ2) is 9.18. The largest absolute Gasteiger partial charge is 0.497 e. The van der Waals surface area contributed by atoms with E-state index < -0.39 is 11.9 Å². The van der Waals surface area contributed by atoms with Gasteiger partial charge in [0.25, 0.3) is 5.91 Å². The minimum absolute atomic E-state index is 0.137. The Morgan fingerprint density at radius 2 is 1.94 bits per heavy atom. The number of hydrogen-bond acceptors (Lipinski definition) is 7. The summed E-state index contributed by atoms with van der Waals surface area (Å²) in [5.74, 6) is -0.263. The molecule has 2 aromatic rings. The number of methoxy groups -OCH3 is 1. The Kier molecular flexibility index (Phi) is 6.18. The average molecular weight is 436 g/mol. The normalized spacial score (nSPS) is 19.4. The molecule has 8 heteroatoms. The van der Waals surface area contributed by atoms with E-state index in [-0.39, 0.29) is 17.6 Å². The maximum Gasteiger partial charge on any atom is 0.332 e. The number of amidine groups is 1. The van der Waals surface area contributed by atoms with Crippen molar-refractivity contribution in [3.8, 4) is 5.75 Å². The molecule has 1 unspecified atom stereocenters. The van der Waals surface area contributed by atoms with Gasteiger partial charge >= 0.3 is 5.97 Å².